The number of aryl methyl sites for hydroxylation is 2. The molecule has 1 aliphatic rings. The van der Waals surface area contributed by atoms with Gasteiger partial charge in [-0.25, -0.2) is 0 Å². The number of benzene rings is 1. The van der Waals surface area contributed by atoms with Crippen LogP contribution in [0.25, 0.3) is 0 Å². The maximum absolute atomic E-state index is 5.44. The number of ether oxygens (including phenoxy) is 1. The molecule has 1 aromatic rings. The van der Waals surface area contributed by atoms with Gasteiger partial charge in [-0.3, -0.25) is 0 Å². The van der Waals surface area contributed by atoms with Crippen LogP contribution in [0.5, 0.6) is 0 Å². The summed E-state index contributed by atoms with van der Waals surface area (Å²) in [4.78, 5) is 0. The third-order valence-electron chi connectivity index (χ3n) is 4.23. The fraction of sp³-hybridized carbons (Fsp3) is 0.647. The predicted octanol–water partition coefficient (Wildman–Crippen LogP) is 3.77. The summed E-state index contributed by atoms with van der Waals surface area (Å²) in [5.74, 6) is 0.752. The molecule has 1 N–H and O–H groups in total. The molecule has 1 aromatic carbocycles. The van der Waals surface area contributed by atoms with Crippen molar-refractivity contribution in [2.75, 3.05) is 13.2 Å². The van der Waals surface area contributed by atoms with E-state index in [1.807, 2.05) is 0 Å². The second-order valence-corrected chi connectivity index (χ2v) is 6.05. The number of nitrogens with one attached hydrogen (secondary N) is 1. The highest BCUT2D eigenvalue weighted by Gasteiger charge is 2.21. The van der Waals surface area contributed by atoms with Gasteiger partial charge in [0, 0.05) is 25.3 Å². The lowest BCUT2D eigenvalue weighted by Crippen LogP contribution is -2.38. The first-order chi connectivity index (χ1) is 9.06. The van der Waals surface area contributed by atoms with Gasteiger partial charge in [-0.05, 0) is 52.0 Å². The average molecular weight is 261 g/mol. The lowest BCUT2D eigenvalue weighted by Gasteiger charge is -2.31. The van der Waals surface area contributed by atoms with Crippen molar-refractivity contribution in [3.63, 3.8) is 0 Å². The standard InChI is InChI=1S/C17H27NO/c1-12-9-13(2)11-17(10-12)15(4)18-14(3)16-5-7-19-8-6-16/h9-11,14-16,18H,5-8H2,1-4H3. The van der Waals surface area contributed by atoms with Gasteiger partial charge in [-0.2, -0.15) is 0 Å². The minimum absolute atomic E-state index is 0.413. The molecule has 1 saturated heterocycles. The van der Waals surface area contributed by atoms with Gasteiger partial charge in [0.25, 0.3) is 0 Å². The Morgan fingerprint density at radius 3 is 2.21 bits per heavy atom. The van der Waals surface area contributed by atoms with Crippen LogP contribution in [0.3, 0.4) is 0 Å². The predicted molar refractivity (Wildman–Crippen MR) is 80.5 cm³/mol. The van der Waals surface area contributed by atoms with Crippen LogP contribution in [0.2, 0.25) is 0 Å². The van der Waals surface area contributed by atoms with Crippen LogP contribution in [-0.4, -0.2) is 19.3 Å². The quantitative estimate of drug-likeness (QED) is 0.891. The van der Waals surface area contributed by atoms with Gasteiger partial charge in [0.2, 0.25) is 0 Å². The maximum Gasteiger partial charge on any atom is 0.0469 e. The van der Waals surface area contributed by atoms with E-state index in [1.165, 1.54) is 29.5 Å². The molecule has 2 rings (SSSR count). The first-order valence-electron chi connectivity index (χ1n) is 7.48. The molecule has 1 aliphatic heterocycles. The molecule has 0 bridgehead atoms. The molecule has 0 spiro atoms. The Morgan fingerprint density at radius 1 is 1.05 bits per heavy atom. The van der Waals surface area contributed by atoms with Crippen LogP contribution < -0.4 is 5.32 Å². The Hall–Kier alpha value is -0.860. The highest BCUT2D eigenvalue weighted by molar-refractivity contribution is 5.30. The van der Waals surface area contributed by atoms with Gasteiger partial charge in [0.05, 0.1) is 0 Å². The molecule has 0 saturated carbocycles. The van der Waals surface area contributed by atoms with E-state index >= 15 is 0 Å². The minimum Gasteiger partial charge on any atom is -0.381 e. The summed E-state index contributed by atoms with van der Waals surface area (Å²) >= 11 is 0. The van der Waals surface area contributed by atoms with E-state index < -0.39 is 0 Å². The van der Waals surface area contributed by atoms with Crippen molar-refractivity contribution in [1.82, 2.24) is 5.32 Å². The Bertz CT molecular complexity index is 389. The van der Waals surface area contributed by atoms with E-state index in [4.69, 9.17) is 4.74 Å². The Balaban J connectivity index is 1.97. The summed E-state index contributed by atoms with van der Waals surface area (Å²) < 4.78 is 5.44. The molecule has 1 fully saturated rings. The average Bonchev–Trinajstić information content (AvgIpc) is 2.38. The van der Waals surface area contributed by atoms with Crippen LogP contribution in [0.15, 0.2) is 18.2 Å². The molecule has 1 heterocycles. The summed E-state index contributed by atoms with van der Waals surface area (Å²) in [6.07, 6.45) is 2.38. The van der Waals surface area contributed by atoms with E-state index in [-0.39, 0.29) is 0 Å². The molecular formula is C17H27NO. The number of rotatable bonds is 4. The van der Waals surface area contributed by atoms with E-state index in [9.17, 15) is 0 Å². The third kappa shape index (κ3) is 4.05. The van der Waals surface area contributed by atoms with Crippen LogP contribution in [0, 0.1) is 19.8 Å². The van der Waals surface area contributed by atoms with Crippen LogP contribution in [0.1, 0.15) is 49.4 Å². The normalized spacial score (nSPS) is 20.2. The van der Waals surface area contributed by atoms with Crippen molar-refractivity contribution >= 4 is 0 Å². The molecule has 2 nitrogen and oxygen atoms in total. The Kier molecular flexibility index (Phi) is 5.00. The molecule has 2 atom stereocenters. The largest absolute Gasteiger partial charge is 0.381 e. The highest BCUT2D eigenvalue weighted by Crippen LogP contribution is 2.22. The van der Waals surface area contributed by atoms with E-state index in [1.54, 1.807) is 0 Å². The van der Waals surface area contributed by atoms with Gasteiger partial charge in [0.1, 0.15) is 0 Å². The molecule has 0 amide bonds. The SMILES string of the molecule is Cc1cc(C)cc(C(C)NC(C)C2CCOCC2)c1. The first kappa shape index (κ1) is 14.5. The van der Waals surface area contributed by atoms with Gasteiger partial charge >= 0.3 is 0 Å². The van der Waals surface area contributed by atoms with Crippen molar-refractivity contribution in [3.05, 3.63) is 34.9 Å². The number of hydrogen-bond donors (Lipinski definition) is 1. The molecule has 19 heavy (non-hydrogen) atoms. The second-order valence-electron chi connectivity index (χ2n) is 6.05. The fourth-order valence-electron chi connectivity index (χ4n) is 3.10. The fourth-order valence-corrected chi connectivity index (χ4v) is 3.10. The van der Waals surface area contributed by atoms with Crippen molar-refractivity contribution in [2.45, 2.75) is 52.6 Å². The molecule has 0 radical (unpaired) electrons. The van der Waals surface area contributed by atoms with Crippen LogP contribution in [0.4, 0.5) is 0 Å². The Labute approximate surface area is 117 Å². The highest BCUT2D eigenvalue weighted by atomic mass is 16.5. The Morgan fingerprint density at radius 2 is 1.63 bits per heavy atom. The summed E-state index contributed by atoms with van der Waals surface area (Å²) in [6.45, 7) is 10.8. The van der Waals surface area contributed by atoms with Crippen molar-refractivity contribution in [2.24, 2.45) is 5.92 Å². The zero-order chi connectivity index (χ0) is 13.8. The van der Waals surface area contributed by atoms with Gasteiger partial charge in [-0.1, -0.05) is 29.3 Å². The maximum atomic E-state index is 5.44. The second kappa shape index (κ2) is 6.53. The van der Waals surface area contributed by atoms with Gasteiger partial charge in [0.15, 0.2) is 0 Å². The lowest BCUT2D eigenvalue weighted by molar-refractivity contribution is 0.0547. The summed E-state index contributed by atoms with van der Waals surface area (Å²) in [5, 5.41) is 3.76. The smallest absolute Gasteiger partial charge is 0.0469 e. The molecule has 106 valence electrons. The third-order valence-corrected chi connectivity index (χ3v) is 4.23. The first-order valence-corrected chi connectivity index (χ1v) is 7.48. The molecule has 0 aliphatic carbocycles. The van der Waals surface area contributed by atoms with Gasteiger partial charge in [-0.15, -0.1) is 0 Å². The van der Waals surface area contributed by atoms with Crippen LogP contribution in [-0.2, 0) is 4.74 Å². The monoisotopic (exact) mass is 261 g/mol. The van der Waals surface area contributed by atoms with E-state index in [0.29, 0.717) is 12.1 Å². The molecule has 2 heteroatoms. The van der Waals surface area contributed by atoms with E-state index in [0.717, 1.165) is 19.1 Å². The van der Waals surface area contributed by atoms with Crippen molar-refractivity contribution in [3.8, 4) is 0 Å². The topological polar surface area (TPSA) is 21.3 Å². The molecule has 0 aromatic heterocycles. The minimum atomic E-state index is 0.413. The summed E-state index contributed by atoms with van der Waals surface area (Å²) in [7, 11) is 0. The molecular weight excluding hydrogens is 234 g/mol. The van der Waals surface area contributed by atoms with E-state index in [2.05, 4.69) is 51.2 Å². The van der Waals surface area contributed by atoms with Crippen molar-refractivity contribution < 1.29 is 4.74 Å². The number of hydrogen-bond acceptors (Lipinski definition) is 2. The van der Waals surface area contributed by atoms with Crippen LogP contribution >= 0.6 is 0 Å². The lowest BCUT2D eigenvalue weighted by atomic mass is 9.91. The van der Waals surface area contributed by atoms with Gasteiger partial charge < -0.3 is 10.1 Å². The zero-order valence-corrected chi connectivity index (χ0v) is 12.7. The summed E-state index contributed by atoms with van der Waals surface area (Å²) in [6, 6.07) is 7.79. The molecule has 2 unspecified atom stereocenters. The van der Waals surface area contributed by atoms with Crippen molar-refractivity contribution in [1.29, 1.82) is 0 Å². The summed E-state index contributed by atoms with van der Waals surface area (Å²) in [5.41, 5.74) is 4.10. The zero-order valence-electron chi connectivity index (χ0n) is 12.7.